The molecule has 0 unspecified atom stereocenters. The Bertz CT molecular complexity index is 1580. The van der Waals surface area contributed by atoms with E-state index in [-0.39, 0.29) is 43.8 Å². The van der Waals surface area contributed by atoms with Crippen molar-refractivity contribution >= 4 is 39.1 Å². The van der Waals surface area contributed by atoms with Crippen LogP contribution in [0.2, 0.25) is 5.02 Å². The molecule has 0 spiro atoms. The van der Waals surface area contributed by atoms with Crippen molar-refractivity contribution in [3.05, 3.63) is 88.9 Å². The fraction of sp³-hybridized carbons (Fsp3) is 0.429. The number of sulfonamides is 1. The van der Waals surface area contributed by atoms with Crippen LogP contribution in [-0.2, 0) is 32.6 Å². The maximum atomic E-state index is 14.1. The summed E-state index contributed by atoms with van der Waals surface area (Å²) >= 11 is 6.15. The third-order valence-electron chi connectivity index (χ3n) is 8.45. The second-order valence-electron chi connectivity index (χ2n) is 12.0. The molecule has 1 heterocycles. The van der Waals surface area contributed by atoms with E-state index in [4.69, 9.17) is 21.1 Å². The van der Waals surface area contributed by atoms with Crippen LogP contribution in [0, 0.1) is 0 Å². The highest BCUT2D eigenvalue weighted by Crippen LogP contribution is 2.35. The van der Waals surface area contributed by atoms with Crippen molar-refractivity contribution in [2.45, 2.75) is 70.0 Å². The maximum Gasteiger partial charge on any atom is 0.243 e. The largest absolute Gasteiger partial charge is 0.486 e. The average Bonchev–Trinajstić information content (AvgIpc) is 3.05. The lowest BCUT2D eigenvalue weighted by molar-refractivity contribution is -0.141. The molecule has 3 aromatic rings. The summed E-state index contributed by atoms with van der Waals surface area (Å²) in [6, 6.07) is 21.3. The second kappa shape index (κ2) is 15.7. The van der Waals surface area contributed by atoms with Crippen molar-refractivity contribution in [2.24, 2.45) is 0 Å². The Morgan fingerprint density at radius 1 is 0.913 bits per heavy atom. The van der Waals surface area contributed by atoms with Crippen molar-refractivity contribution in [2.75, 3.05) is 30.3 Å². The highest BCUT2D eigenvalue weighted by Gasteiger charge is 2.32. The summed E-state index contributed by atoms with van der Waals surface area (Å²) in [6.07, 6.45) is 6.95. The number of benzene rings is 3. The topological polar surface area (TPSA) is 105 Å². The van der Waals surface area contributed by atoms with E-state index >= 15 is 0 Å². The van der Waals surface area contributed by atoms with Gasteiger partial charge >= 0.3 is 0 Å². The fourth-order valence-corrected chi connectivity index (χ4v) is 7.16. The second-order valence-corrected chi connectivity index (χ2v) is 14.3. The van der Waals surface area contributed by atoms with Gasteiger partial charge in [0.1, 0.15) is 19.3 Å². The lowest BCUT2D eigenvalue weighted by Gasteiger charge is -2.34. The molecule has 2 aliphatic rings. The summed E-state index contributed by atoms with van der Waals surface area (Å²) < 4.78 is 38.3. The van der Waals surface area contributed by atoms with Gasteiger partial charge in [-0.05, 0) is 54.7 Å². The molecule has 1 atom stereocenters. The molecule has 2 amide bonds. The van der Waals surface area contributed by atoms with Crippen molar-refractivity contribution in [1.29, 1.82) is 0 Å². The molecule has 1 saturated carbocycles. The van der Waals surface area contributed by atoms with Crippen LogP contribution in [0.1, 0.15) is 56.1 Å². The summed E-state index contributed by atoms with van der Waals surface area (Å²) in [7, 11) is -3.67. The first-order chi connectivity index (χ1) is 22.2. The Morgan fingerprint density at radius 2 is 1.61 bits per heavy atom. The quantitative estimate of drug-likeness (QED) is 0.249. The van der Waals surface area contributed by atoms with Crippen LogP contribution in [-0.4, -0.2) is 63.2 Å². The standard InChI is InChI=1S/C35H42ClN3O6S/c1-46(42,43)39(30-18-19-32-33(24-30)45-22-21-44-32)20-8-13-34(40)38(25-27-14-16-28(36)17-15-27)31(23-26-9-4-2-5-10-26)35(41)37-29-11-6-3-7-12-29/h2,4-5,9-10,14-19,24,29,31H,3,6-8,11-13,20-23,25H2,1H3,(H,37,41)/t31-/m0/s1. The number of ether oxygens (including phenoxy) is 2. The van der Waals surface area contributed by atoms with Crippen LogP contribution in [0.15, 0.2) is 72.8 Å². The number of rotatable bonds is 13. The van der Waals surface area contributed by atoms with Crippen LogP contribution < -0.4 is 19.1 Å². The number of nitrogens with zero attached hydrogens (tertiary/aromatic N) is 2. The van der Waals surface area contributed by atoms with E-state index in [0.29, 0.717) is 41.8 Å². The lowest BCUT2D eigenvalue weighted by Crippen LogP contribution is -2.52. The first-order valence-corrected chi connectivity index (χ1v) is 18.2. The highest BCUT2D eigenvalue weighted by atomic mass is 35.5. The number of halogens is 1. The minimum atomic E-state index is -3.67. The average molecular weight is 668 g/mol. The van der Waals surface area contributed by atoms with E-state index in [0.717, 1.165) is 49.5 Å². The van der Waals surface area contributed by atoms with Gasteiger partial charge < -0.3 is 19.7 Å². The Balaban J connectivity index is 1.37. The maximum absolute atomic E-state index is 14.1. The van der Waals surface area contributed by atoms with E-state index in [1.54, 1.807) is 35.2 Å². The van der Waals surface area contributed by atoms with Gasteiger partial charge in [0.25, 0.3) is 0 Å². The summed E-state index contributed by atoms with van der Waals surface area (Å²) in [4.78, 5) is 29.7. The van der Waals surface area contributed by atoms with Crippen LogP contribution in [0.3, 0.4) is 0 Å². The van der Waals surface area contributed by atoms with E-state index in [1.807, 2.05) is 42.5 Å². The molecule has 9 nitrogen and oxygen atoms in total. The minimum Gasteiger partial charge on any atom is -0.486 e. The van der Waals surface area contributed by atoms with Gasteiger partial charge in [-0.15, -0.1) is 0 Å². The lowest BCUT2D eigenvalue weighted by atomic mass is 9.94. The van der Waals surface area contributed by atoms with Gasteiger partial charge in [0.15, 0.2) is 11.5 Å². The molecular weight excluding hydrogens is 626 g/mol. The first-order valence-electron chi connectivity index (χ1n) is 15.9. The van der Waals surface area contributed by atoms with Crippen LogP contribution in [0.25, 0.3) is 0 Å². The predicted molar refractivity (Wildman–Crippen MR) is 180 cm³/mol. The summed E-state index contributed by atoms with van der Waals surface area (Å²) in [6.45, 7) is 1.10. The zero-order valence-corrected chi connectivity index (χ0v) is 27.8. The van der Waals surface area contributed by atoms with Gasteiger partial charge in [0.05, 0.1) is 11.9 Å². The molecule has 46 heavy (non-hydrogen) atoms. The van der Waals surface area contributed by atoms with Gasteiger partial charge in [0, 0.05) is 43.1 Å². The zero-order valence-electron chi connectivity index (χ0n) is 26.2. The number of amides is 2. The minimum absolute atomic E-state index is 0.0478. The van der Waals surface area contributed by atoms with Gasteiger partial charge in [-0.3, -0.25) is 13.9 Å². The molecule has 246 valence electrons. The van der Waals surface area contributed by atoms with Crippen LogP contribution >= 0.6 is 11.6 Å². The Labute approximate surface area is 276 Å². The smallest absolute Gasteiger partial charge is 0.243 e. The predicted octanol–water partition coefficient (Wildman–Crippen LogP) is 5.75. The Kier molecular flexibility index (Phi) is 11.5. The van der Waals surface area contributed by atoms with Crippen LogP contribution in [0.4, 0.5) is 5.69 Å². The van der Waals surface area contributed by atoms with Gasteiger partial charge in [-0.1, -0.05) is 73.3 Å². The van der Waals surface area contributed by atoms with E-state index < -0.39 is 16.1 Å². The SMILES string of the molecule is CS(=O)(=O)N(CCCC(=O)N(Cc1ccc(Cl)cc1)[C@@H](Cc1ccccc1)C(=O)NC1CCCCC1)c1ccc2c(c1)OCCO2. The van der Waals surface area contributed by atoms with Gasteiger partial charge in [0.2, 0.25) is 21.8 Å². The first kappa shape index (κ1) is 33.6. The molecule has 0 bridgehead atoms. The number of nitrogens with one attached hydrogen (secondary N) is 1. The number of carbonyl (C=O) groups excluding carboxylic acids is 2. The number of hydrogen-bond acceptors (Lipinski definition) is 6. The number of hydrogen-bond donors (Lipinski definition) is 1. The van der Waals surface area contributed by atoms with Crippen molar-refractivity contribution < 1.29 is 27.5 Å². The van der Waals surface area contributed by atoms with Crippen molar-refractivity contribution in [3.63, 3.8) is 0 Å². The molecule has 3 aromatic carbocycles. The molecule has 1 aliphatic heterocycles. The van der Waals surface area contributed by atoms with E-state index in [1.165, 1.54) is 4.31 Å². The molecule has 0 saturated heterocycles. The van der Waals surface area contributed by atoms with Crippen molar-refractivity contribution in [1.82, 2.24) is 10.2 Å². The summed E-state index contributed by atoms with van der Waals surface area (Å²) in [5.74, 6) is 0.639. The van der Waals surface area contributed by atoms with Crippen LogP contribution in [0.5, 0.6) is 11.5 Å². The Morgan fingerprint density at radius 3 is 2.30 bits per heavy atom. The number of fused-ring (bicyclic) bond motifs is 1. The normalized spacial score (nSPS) is 15.5. The van der Waals surface area contributed by atoms with Crippen molar-refractivity contribution in [3.8, 4) is 11.5 Å². The third-order valence-corrected chi connectivity index (χ3v) is 9.90. The number of anilines is 1. The van der Waals surface area contributed by atoms with Gasteiger partial charge in [-0.2, -0.15) is 0 Å². The van der Waals surface area contributed by atoms with E-state index in [9.17, 15) is 18.0 Å². The Hall–Kier alpha value is -3.76. The fourth-order valence-electron chi connectivity index (χ4n) is 6.08. The molecule has 0 radical (unpaired) electrons. The molecule has 0 aromatic heterocycles. The molecule has 1 aliphatic carbocycles. The monoisotopic (exact) mass is 667 g/mol. The molecular formula is C35H42ClN3O6S. The molecule has 11 heteroatoms. The zero-order chi connectivity index (χ0) is 32.5. The van der Waals surface area contributed by atoms with E-state index in [2.05, 4.69) is 5.32 Å². The molecule has 1 N–H and O–H groups in total. The van der Waals surface area contributed by atoms with Gasteiger partial charge in [-0.25, -0.2) is 8.42 Å². The molecule has 1 fully saturated rings. The molecule has 5 rings (SSSR count). The highest BCUT2D eigenvalue weighted by molar-refractivity contribution is 7.92. The third kappa shape index (κ3) is 9.16. The summed E-state index contributed by atoms with van der Waals surface area (Å²) in [5, 5.41) is 3.83. The summed E-state index contributed by atoms with van der Waals surface area (Å²) in [5.41, 5.74) is 2.23. The number of carbonyl (C=O) groups is 2.